The summed E-state index contributed by atoms with van der Waals surface area (Å²) in [5, 5.41) is 22.5. The smallest absolute Gasteiger partial charge is 0.486 e. The van der Waals surface area contributed by atoms with Gasteiger partial charge in [0, 0.05) is 23.4 Å². The Morgan fingerprint density at radius 3 is 2.38 bits per heavy atom. The zero-order chi connectivity index (χ0) is 23.7. The Morgan fingerprint density at radius 1 is 1.16 bits per heavy atom. The minimum absolute atomic E-state index is 0.0719. The summed E-state index contributed by atoms with van der Waals surface area (Å²) >= 11 is 0. The predicted octanol–water partition coefficient (Wildman–Crippen LogP) is 4.21. The van der Waals surface area contributed by atoms with Crippen LogP contribution in [0.5, 0.6) is 5.75 Å². The van der Waals surface area contributed by atoms with E-state index in [1.807, 2.05) is 6.07 Å². The van der Waals surface area contributed by atoms with Crippen LogP contribution in [0.3, 0.4) is 0 Å². The SMILES string of the molecule is N#Cc1ccc(COc2cc(NC3CCNCC3)ccc2F)c(F)c1.O=C(O)C(F)(F)F. The van der Waals surface area contributed by atoms with Crippen molar-refractivity contribution in [2.24, 2.45) is 0 Å². The first-order valence-corrected chi connectivity index (χ1v) is 9.48. The predicted molar refractivity (Wildman–Crippen MR) is 105 cm³/mol. The molecule has 0 saturated carbocycles. The van der Waals surface area contributed by atoms with E-state index in [-0.39, 0.29) is 23.5 Å². The molecule has 1 aliphatic heterocycles. The van der Waals surface area contributed by atoms with E-state index in [9.17, 15) is 22.0 Å². The van der Waals surface area contributed by atoms with Crippen molar-refractivity contribution in [2.45, 2.75) is 31.7 Å². The Morgan fingerprint density at radius 2 is 1.81 bits per heavy atom. The summed E-state index contributed by atoms with van der Waals surface area (Å²) in [7, 11) is 0. The number of halogens is 5. The lowest BCUT2D eigenvalue weighted by molar-refractivity contribution is -0.192. The highest BCUT2D eigenvalue weighted by Crippen LogP contribution is 2.25. The lowest BCUT2D eigenvalue weighted by Crippen LogP contribution is -2.35. The van der Waals surface area contributed by atoms with Crippen molar-refractivity contribution < 1.29 is 36.6 Å². The average Bonchev–Trinajstić information content (AvgIpc) is 2.75. The van der Waals surface area contributed by atoms with Crippen molar-refractivity contribution in [1.82, 2.24) is 5.32 Å². The van der Waals surface area contributed by atoms with Crippen LogP contribution in [0.2, 0.25) is 0 Å². The summed E-state index contributed by atoms with van der Waals surface area (Å²) in [5.74, 6) is -3.72. The van der Waals surface area contributed by atoms with Gasteiger partial charge in [0.25, 0.3) is 0 Å². The molecule has 2 aromatic rings. The summed E-state index contributed by atoms with van der Waals surface area (Å²) in [6.07, 6.45) is -3.08. The number of aliphatic carboxylic acids is 1. The van der Waals surface area contributed by atoms with E-state index < -0.39 is 23.8 Å². The van der Waals surface area contributed by atoms with Crippen LogP contribution in [0.4, 0.5) is 27.6 Å². The van der Waals surface area contributed by atoms with Crippen LogP contribution >= 0.6 is 0 Å². The number of piperidine rings is 1. The van der Waals surface area contributed by atoms with Crippen molar-refractivity contribution in [1.29, 1.82) is 5.26 Å². The molecule has 0 unspecified atom stereocenters. The van der Waals surface area contributed by atoms with Gasteiger partial charge in [-0.25, -0.2) is 13.6 Å². The molecule has 3 rings (SSSR count). The van der Waals surface area contributed by atoms with E-state index in [2.05, 4.69) is 10.6 Å². The van der Waals surface area contributed by atoms with Crippen LogP contribution in [-0.4, -0.2) is 36.4 Å². The largest absolute Gasteiger partial charge is 0.490 e. The van der Waals surface area contributed by atoms with Gasteiger partial charge in [0.15, 0.2) is 11.6 Å². The monoisotopic (exact) mass is 457 g/mol. The van der Waals surface area contributed by atoms with Crippen LogP contribution in [0.15, 0.2) is 36.4 Å². The molecule has 1 heterocycles. The van der Waals surface area contributed by atoms with E-state index >= 15 is 0 Å². The van der Waals surface area contributed by atoms with E-state index in [1.54, 1.807) is 12.1 Å². The Bertz CT molecular complexity index is 970. The number of ether oxygens (including phenoxy) is 1. The van der Waals surface area contributed by atoms with Gasteiger partial charge in [0.1, 0.15) is 12.4 Å². The fourth-order valence-corrected chi connectivity index (χ4v) is 2.80. The molecule has 3 N–H and O–H groups in total. The zero-order valence-corrected chi connectivity index (χ0v) is 16.7. The average molecular weight is 457 g/mol. The quantitative estimate of drug-likeness (QED) is 0.583. The molecule has 1 aliphatic rings. The standard InChI is InChI=1S/C19H19F2N3O.C2HF3O2/c20-17-4-3-16(24-15-5-7-23-8-6-15)10-19(17)25-12-14-2-1-13(11-22)9-18(14)21;3-2(4,5)1(6)7/h1-4,9-10,15,23-24H,5-8,12H2;(H,6,7). The summed E-state index contributed by atoms with van der Waals surface area (Å²) in [5.41, 5.74) is 1.29. The van der Waals surface area contributed by atoms with Gasteiger partial charge < -0.3 is 20.5 Å². The van der Waals surface area contributed by atoms with Crippen LogP contribution in [0, 0.1) is 23.0 Å². The first kappa shape index (κ1) is 24.9. The third kappa shape index (κ3) is 7.70. The molecule has 172 valence electrons. The van der Waals surface area contributed by atoms with Gasteiger partial charge in [-0.05, 0) is 50.2 Å². The Kier molecular flexibility index (Phi) is 8.78. The van der Waals surface area contributed by atoms with Crippen molar-refractivity contribution >= 4 is 11.7 Å². The van der Waals surface area contributed by atoms with Gasteiger partial charge >= 0.3 is 12.1 Å². The number of benzene rings is 2. The fraction of sp³-hybridized carbons (Fsp3) is 0.333. The summed E-state index contributed by atoms with van der Waals surface area (Å²) in [6.45, 7) is 1.81. The van der Waals surface area contributed by atoms with E-state index in [0.717, 1.165) is 37.7 Å². The molecule has 0 bridgehead atoms. The van der Waals surface area contributed by atoms with Gasteiger partial charge in [-0.3, -0.25) is 0 Å². The molecule has 1 fully saturated rings. The molecule has 0 aliphatic carbocycles. The van der Waals surface area contributed by atoms with E-state index in [4.69, 9.17) is 19.9 Å². The molecule has 11 heteroatoms. The second-order valence-electron chi connectivity index (χ2n) is 6.82. The number of carboxylic acid groups (broad SMARTS) is 1. The highest BCUT2D eigenvalue weighted by atomic mass is 19.4. The molecule has 2 aromatic carbocycles. The molecule has 6 nitrogen and oxygen atoms in total. The third-order valence-electron chi connectivity index (χ3n) is 4.45. The molecule has 0 spiro atoms. The first-order chi connectivity index (χ1) is 15.1. The van der Waals surface area contributed by atoms with E-state index in [0.29, 0.717) is 6.04 Å². The first-order valence-electron chi connectivity index (χ1n) is 9.48. The van der Waals surface area contributed by atoms with Gasteiger partial charge in [0.05, 0.1) is 11.6 Å². The Hall–Kier alpha value is -3.39. The molecular weight excluding hydrogens is 437 g/mol. The maximum atomic E-state index is 14.0. The van der Waals surface area contributed by atoms with Crippen LogP contribution < -0.4 is 15.4 Å². The lowest BCUT2D eigenvalue weighted by Gasteiger charge is -2.25. The number of rotatable bonds is 5. The normalized spacial score (nSPS) is 14.0. The number of hydrogen-bond acceptors (Lipinski definition) is 5. The molecule has 32 heavy (non-hydrogen) atoms. The fourth-order valence-electron chi connectivity index (χ4n) is 2.80. The van der Waals surface area contributed by atoms with Gasteiger partial charge in [-0.15, -0.1) is 0 Å². The van der Waals surface area contributed by atoms with Crippen LogP contribution in [0.1, 0.15) is 24.0 Å². The van der Waals surface area contributed by atoms with Crippen molar-refractivity contribution in [2.75, 3.05) is 18.4 Å². The van der Waals surface area contributed by atoms with Crippen molar-refractivity contribution in [3.63, 3.8) is 0 Å². The number of hydrogen-bond donors (Lipinski definition) is 3. The summed E-state index contributed by atoms with van der Waals surface area (Å²) in [6, 6.07) is 10.9. The lowest BCUT2D eigenvalue weighted by atomic mass is 10.1. The molecule has 0 amide bonds. The Balaban J connectivity index is 0.000000451. The van der Waals surface area contributed by atoms with Crippen LogP contribution in [0.25, 0.3) is 0 Å². The molecule has 0 radical (unpaired) electrons. The summed E-state index contributed by atoms with van der Waals surface area (Å²) in [4.78, 5) is 8.90. The molecule has 0 aromatic heterocycles. The second-order valence-corrected chi connectivity index (χ2v) is 6.82. The minimum atomic E-state index is -5.08. The van der Waals surface area contributed by atoms with Gasteiger partial charge in [0.2, 0.25) is 0 Å². The number of carboxylic acids is 1. The van der Waals surface area contributed by atoms with Gasteiger partial charge in [-0.2, -0.15) is 18.4 Å². The number of nitriles is 1. The number of anilines is 1. The number of nitrogens with zero attached hydrogens (tertiary/aromatic N) is 1. The third-order valence-corrected chi connectivity index (χ3v) is 4.45. The second kappa shape index (κ2) is 11.3. The highest BCUT2D eigenvalue weighted by Gasteiger charge is 2.38. The highest BCUT2D eigenvalue weighted by molar-refractivity contribution is 5.73. The van der Waals surface area contributed by atoms with Crippen molar-refractivity contribution in [3.8, 4) is 11.8 Å². The minimum Gasteiger partial charge on any atom is -0.486 e. The van der Waals surface area contributed by atoms with E-state index in [1.165, 1.54) is 18.2 Å². The van der Waals surface area contributed by atoms with Gasteiger partial charge in [-0.1, -0.05) is 6.07 Å². The van der Waals surface area contributed by atoms with Crippen molar-refractivity contribution in [3.05, 3.63) is 59.2 Å². The maximum absolute atomic E-state index is 14.0. The van der Waals surface area contributed by atoms with Crippen LogP contribution in [-0.2, 0) is 11.4 Å². The molecule has 0 atom stereocenters. The Labute approximate surface area is 180 Å². The summed E-state index contributed by atoms with van der Waals surface area (Å²) < 4.78 is 65.0. The number of nitrogens with one attached hydrogen (secondary N) is 2. The number of carbonyl (C=O) groups is 1. The molecular formula is C21H20F5N3O3. The topological polar surface area (TPSA) is 94.4 Å². The number of alkyl halides is 3. The molecule has 1 saturated heterocycles. The maximum Gasteiger partial charge on any atom is 0.490 e. The zero-order valence-electron chi connectivity index (χ0n) is 16.7.